The second-order valence-electron chi connectivity index (χ2n) is 4.32. The van der Waals surface area contributed by atoms with E-state index in [2.05, 4.69) is 16.9 Å². The number of nitrogen functional groups attached to an aromatic ring is 1. The van der Waals surface area contributed by atoms with Gasteiger partial charge < -0.3 is 10.6 Å². The highest BCUT2D eigenvalue weighted by atomic mass is 15.2. The van der Waals surface area contributed by atoms with Crippen molar-refractivity contribution in [2.24, 2.45) is 0 Å². The van der Waals surface area contributed by atoms with Crippen LogP contribution in [-0.2, 0) is 0 Å². The van der Waals surface area contributed by atoms with Crippen molar-refractivity contribution in [3.05, 3.63) is 18.3 Å². The fourth-order valence-corrected chi connectivity index (χ4v) is 2.35. The van der Waals surface area contributed by atoms with Gasteiger partial charge in [0.1, 0.15) is 0 Å². The van der Waals surface area contributed by atoms with Gasteiger partial charge in [0.05, 0.1) is 5.69 Å². The van der Waals surface area contributed by atoms with Gasteiger partial charge in [-0.15, -0.1) is 0 Å². The molecule has 0 radical (unpaired) electrons. The van der Waals surface area contributed by atoms with Gasteiger partial charge in [-0.25, -0.2) is 4.98 Å². The standard InChI is InChI=1S/C12H19N3/c1-15(10-6-3-2-4-7-10)12-11(13)8-5-9-14-12/h5,8-10H,2-4,6-7,13H2,1H3. The van der Waals surface area contributed by atoms with E-state index in [1.54, 1.807) is 0 Å². The molecule has 2 rings (SSSR count). The lowest BCUT2D eigenvalue weighted by atomic mass is 9.94. The van der Waals surface area contributed by atoms with E-state index in [0.29, 0.717) is 6.04 Å². The topological polar surface area (TPSA) is 42.2 Å². The largest absolute Gasteiger partial charge is 0.396 e. The number of hydrogen-bond donors (Lipinski definition) is 1. The van der Waals surface area contributed by atoms with Crippen LogP contribution in [0.25, 0.3) is 0 Å². The van der Waals surface area contributed by atoms with Crippen molar-refractivity contribution in [2.75, 3.05) is 17.7 Å². The average Bonchev–Trinajstić information content (AvgIpc) is 2.30. The molecule has 1 fully saturated rings. The summed E-state index contributed by atoms with van der Waals surface area (Å²) in [5, 5.41) is 0. The highest BCUT2D eigenvalue weighted by Gasteiger charge is 2.20. The summed E-state index contributed by atoms with van der Waals surface area (Å²) in [4.78, 5) is 6.60. The molecule has 1 aromatic rings. The minimum absolute atomic E-state index is 0.621. The van der Waals surface area contributed by atoms with Crippen LogP contribution in [0.1, 0.15) is 32.1 Å². The molecule has 0 saturated heterocycles. The first-order valence-electron chi connectivity index (χ1n) is 5.72. The van der Waals surface area contributed by atoms with Gasteiger partial charge in [-0.05, 0) is 25.0 Å². The molecule has 0 amide bonds. The maximum Gasteiger partial charge on any atom is 0.151 e. The molecule has 15 heavy (non-hydrogen) atoms. The second-order valence-corrected chi connectivity index (χ2v) is 4.32. The second kappa shape index (κ2) is 4.51. The van der Waals surface area contributed by atoms with Crippen LogP contribution >= 0.6 is 0 Å². The zero-order chi connectivity index (χ0) is 10.7. The third kappa shape index (κ3) is 2.22. The van der Waals surface area contributed by atoms with Crippen molar-refractivity contribution in [3.8, 4) is 0 Å². The van der Waals surface area contributed by atoms with Crippen molar-refractivity contribution in [1.29, 1.82) is 0 Å². The van der Waals surface area contributed by atoms with Gasteiger partial charge in [-0.3, -0.25) is 0 Å². The van der Waals surface area contributed by atoms with Crippen molar-refractivity contribution >= 4 is 11.5 Å². The van der Waals surface area contributed by atoms with E-state index in [-0.39, 0.29) is 0 Å². The van der Waals surface area contributed by atoms with E-state index >= 15 is 0 Å². The SMILES string of the molecule is CN(c1ncccc1N)C1CCCCC1. The monoisotopic (exact) mass is 205 g/mol. The van der Waals surface area contributed by atoms with Crippen LogP contribution in [0, 0.1) is 0 Å². The van der Waals surface area contributed by atoms with Gasteiger partial charge in [-0.1, -0.05) is 19.3 Å². The normalized spacial score (nSPS) is 17.7. The summed E-state index contributed by atoms with van der Waals surface area (Å²) in [7, 11) is 2.11. The molecular formula is C12H19N3. The lowest BCUT2D eigenvalue weighted by Gasteiger charge is -2.32. The first-order valence-corrected chi connectivity index (χ1v) is 5.72. The maximum atomic E-state index is 5.92. The molecule has 3 heteroatoms. The fraction of sp³-hybridized carbons (Fsp3) is 0.583. The molecule has 0 bridgehead atoms. The highest BCUT2D eigenvalue weighted by Crippen LogP contribution is 2.27. The lowest BCUT2D eigenvalue weighted by molar-refractivity contribution is 0.426. The van der Waals surface area contributed by atoms with Gasteiger partial charge in [-0.2, -0.15) is 0 Å². The van der Waals surface area contributed by atoms with E-state index in [4.69, 9.17) is 5.73 Å². The van der Waals surface area contributed by atoms with Crippen LogP contribution in [0.4, 0.5) is 11.5 Å². The third-order valence-corrected chi connectivity index (χ3v) is 3.27. The Hall–Kier alpha value is -1.25. The molecule has 1 aliphatic carbocycles. The van der Waals surface area contributed by atoms with E-state index in [1.165, 1.54) is 32.1 Å². The summed E-state index contributed by atoms with van der Waals surface area (Å²) in [5.41, 5.74) is 6.71. The first-order chi connectivity index (χ1) is 7.29. The predicted molar refractivity (Wildman–Crippen MR) is 63.9 cm³/mol. The summed E-state index contributed by atoms with van der Waals surface area (Å²) in [6, 6.07) is 4.42. The van der Waals surface area contributed by atoms with Crippen molar-refractivity contribution in [3.63, 3.8) is 0 Å². The molecule has 1 aliphatic rings. The Bertz CT molecular complexity index is 318. The van der Waals surface area contributed by atoms with Gasteiger partial charge in [0, 0.05) is 19.3 Å². The van der Waals surface area contributed by atoms with Crippen LogP contribution in [-0.4, -0.2) is 18.1 Å². The Morgan fingerprint density at radius 3 is 2.73 bits per heavy atom. The van der Waals surface area contributed by atoms with Crippen molar-refractivity contribution in [2.45, 2.75) is 38.1 Å². The van der Waals surface area contributed by atoms with E-state index in [9.17, 15) is 0 Å². The number of nitrogens with two attached hydrogens (primary N) is 1. The Labute approximate surface area is 91.3 Å². The van der Waals surface area contributed by atoms with Crippen LogP contribution < -0.4 is 10.6 Å². The van der Waals surface area contributed by atoms with Crippen molar-refractivity contribution in [1.82, 2.24) is 4.98 Å². The summed E-state index contributed by atoms with van der Waals surface area (Å²) in [6.45, 7) is 0. The maximum absolute atomic E-state index is 5.92. The third-order valence-electron chi connectivity index (χ3n) is 3.27. The van der Waals surface area contributed by atoms with Crippen molar-refractivity contribution < 1.29 is 0 Å². The number of anilines is 2. The van der Waals surface area contributed by atoms with Crippen LogP contribution in [0.15, 0.2) is 18.3 Å². The molecule has 1 heterocycles. The molecule has 0 atom stereocenters. The molecule has 3 nitrogen and oxygen atoms in total. The fourth-order valence-electron chi connectivity index (χ4n) is 2.35. The zero-order valence-electron chi connectivity index (χ0n) is 9.32. The summed E-state index contributed by atoms with van der Waals surface area (Å²) < 4.78 is 0. The molecule has 82 valence electrons. The number of rotatable bonds is 2. The van der Waals surface area contributed by atoms with Gasteiger partial charge in [0.15, 0.2) is 5.82 Å². The first kappa shape index (κ1) is 10.3. The molecular weight excluding hydrogens is 186 g/mol. The average molecular weight is 205 g/mol. The van der Waals surface area contributed by atoms with E-state index in [0.717, 1.165) is 11.5 Å². The highest BCUT2D eigenvalue weighted by molar-refractivity contribution is 5.62. The molecule has 1 aromatic heterocycles. The quantitative estimate of drug-likeness (QED) is 0.806. The number of aromatic nitrogens is 1. The molecule has 0 aliphatic heterocycles. The molecule has 0 spiro atoms. The van der Waals surface area contributed by atoms with E-state index in [1.807, 2.05) is 18.3 Å². The Kier molecular flexibility index (Phi) is 3.09. The molecule has 1 saturated carbocycles. The smallest absolute Gasteiger partial charge is 0.151 e. The minimum Gasteiger partial charge on any atom is -0.396 e. The Morgan fingerprint density at radius 2 is 2.07 bits per heavy atom. The lowest BCUT2D eigenvalue weighted by Crippen LogP contribution is -2.34. The summed E-state index contributed by atoms with van der Waals surface area (Å²) in [6.07, 6.45) is 8.40. The molecule has 0 aromatic carbocycles. The van der Waals surface area contributed by atoms with E-state index < -0.39 is 0 Å². The number of hydrogen-bond acceptors (Lipinski definition) is 3. The van der Waals surface area contributed by atoms with Crippen LogP contribution in [0.2, 0.25) is 0 Å². The van der Waals surface area contributed by atoms with Crippen LogP contribution in [0.3, 0.4) is 0 Å². The summed E-state index contributed by atoms with van der Waals surface area (Å²) >= 11 is 0. The Balaban J connectivity index is 2.12. The molecule has 2 N–H and O–H groups in total. The number of pyridine rings is 1. The van der Waals surface area contributed by atoms with Crippen LogP contribution in [0.5, 0.6) is 0 Å². The minimum atomic E-state index is 0.621. The number of nitrogens with zero attached hydrogens (tertiary/aromatic N) is 2. The van der Waals surface area contributed by atoms with Gasteiger partial charge in [0.2, 0.25) is 0 Å². The summed E-state index contributed by atoms with van der Waals surface area (Å²) in [5.74, 6) is 0.935. The zero-order valence-corrected chi connectivity index (χ0v) is 9.32. The van der Waals surface area contributed by atoms with Gasteiger partial charge in [0.25, 0.3) is 0 Å². The molecule has 0 unspecified atom stereocenters. The van der Waals surface area contributed by atoms with Gasteiger partial charge >= 0.3 is 0 Å². The Morgan fingerprint density at radius 1 is 1.33 bits per heavy atom. The predicted octanol–water partition coefficient (Wildman–Crippen LogP) is 2.43.